The third-order valence-electron chi connectivity index (χ3n) is 12.7. The second kappa shape index (κ2) is 12.8. The van der Waals surface area contributed by atoms with Crippen molar-refractivity contribution in [1.82, 2.24) is 0 Å². The second-order valence-electron chi connectivity index (χ2n) is 16.0. The van der Waals surface area contributed by atoms with E-state index in [-0.39, 0.29) is 5.41 Å². The first-order valence-electron chi connectivity index (χ1n) is 20.0. The van der Waals surface area contributed by atoms with E-state index in [1.807, 2.05) is 0 Å². The van der Waals surface area contributed by atoms with Gasteiger partial charge < -0.3 is 4.90 Å². The number of para-hydroxylation sites is 1. The zero-order valence-electron chi connectivity index (χ0n) is 32.2. The molecule has 0 heterocycles. The van der Waals surface area contributed by atoms with Crippen molar-refractivity contribution in [2.24, 2.45) is 0 Å². The van der Waals surface area contributed by atoms with E-state index in [1.165, 1.54) is 77.5 Å². The Bertz CT molecular complexity index is 2940. The van der Waals surface area contributed by atoms with Crippen molar-refractivity contribution in [2.75, 3.05) is 4.90 Å². The Labute approximate surface area is 335 Å². The van der Waals surface area contributed by atoms with Crippen LogP contribution < -0.4 is 4.90 Å². The molecule has 0 radical (unpaired) electrons. The molecule has 0 saturated heterocycles. The lowest BCUT2D eigenvalue weighted by molar-refractivity contribution is 0.660. The highest BCUT2D eigenvalue weighted by Gasteiger charge is 2.47. The van der Waals surface area contributed by atoms with Gasteiger partial charge in [0, 0.05) is 22.4 Å². The number of hydrogen-bond donors (Lipinski definition) is 0. The predicted octanol–water partition coefficient (Wildman–Crippen LogP) is 14.6. The lowest BCUT2D eigenvalue weighted by Gasteiger charge is -2.36. The van der Waals surface area contributed by atoms with Gasteiger partial charge in [-0.3, -0.25) is 0 Å². The van der Waals surface area contributed by atoms with Crippen LogP contribution in [0.4, 0.5) is 17.1 Å². The zero-order valence-corrected chi connectivity index (χ0v) is 32.2. The summed E-state index contributed by atoms with van der Waals surface area (Å²) in [5.41, 5.74) is 18.2. The van der Waals surface area contributed by atoms with Gasteiger partial charge >= 0.3 is 0 Å². The molecule has 9 aromatic rings. The minimum Gasteiger partial charge on any atom is -0.310 e. The molecule has 11 rings (SSSR count). The summed E-state index contributed by atoms with van der Waals surface area (Å²) in [4.78, 5) is 2.50. The molecule has 0 bridgehead atoms. The molecule has 1 nitrogen and oxygen atoms in total. The average Bonchev–Trinajstić information content (AvgIpc) is 3.70. The minimum atomic E-state index is -0.560. The van der Waals surface area contributed by atoms with Crippen LogP contribution in [0.15, 0.2) is 212 Å². The zero-order chi connectivity index (χ0) is 38.1. The fourth-order valence-electron chi connectivity index (χ4n) is 10.2. The molecule has 0 fully saturated rings. The van der Waals surface area contributed by atoms with Gasteiger partial charge in [-0.2, -0.15) is 0 Å². The molecule has 270 valence electrons. The summed E-state index contributed by atoms with van der Waals surface area (Å²) in [6.45, 7) is 4.71. The highest BCUT2D eigenvalue weighted by Crippen LogP contribution is 2.59. The van der Waals surface area contributed by atoms with Gasteiger partial charge in [0.05, 0.1) is 11.1 Å². The van der Waals surface area contributed by atoms with Crippen molar-refractivity contribution in [2.45, 2.75) is 24.7 Å². The monoisotopic (exact) mass is 727 g/mol. The molecular formula is C56H41N. The number of hydrogen-bond acceptors (Lipinski definition) is 1. The first-order valence-corrected chi connectivity index (χ1v) is 20.0. The van der Waals surface area contributed by atoms with Gasteiger partial charge in [0.15, 0.2) is 0 Å². The molecule has 0 aromatic heterocycles. The van der Waals surface area contributed by atoms with E-state index in [0.29, 0.717) is 0 Å². The molecule has 9 aromatic carbocycles. The number of rotatable bonds is 6. The van der Waals surface area contributed by atoms with Gasteiger partial charge in [-0.15, -0.1) is 0 Å². The molecule has 57 heavy (non-hydrogen) atoms. The second-order valence-corrected chi connectivity index (χ2v) is 16.0. The Morgan fingerprint density at radius 2 is 0.912 bits per heavy atom. The first-order chi connectivity index (χ1) is 28.0. The summed E-state index contributed by atoms with van der Waals surface area (Å²) < 4.78 is 0. The van der Waals surface area contributed by atoms with Gasteiger partial charge in [-0.05, 0) is 102 Å². The van der Waals surface area contributed by atoms with Gasteiger partial charge in [-0.1, -0.05) is 196 Å². The number of fused-ring (bicyclic) bond motifs is 8. The van der Waals surface area contributed by atoms with E-state index in [2.05, 4.69) is 231 Å². The minimum absolute atomic E-state index is 0.0790. The number of benzene rings is 9. The van der Waals surface area contributed by atoms with E-state index >= 15 is 0 Å². The van der Waals surface area contributed by atoms with Crippen molar-refractivity contribution >= 4 is 27.8 Å². The standard InChI is InChI=1S/C56H41N/c1-55(2)50-28-16-14-27-46(50)49-36-42(32-35-51(49)55)57(53-29-17-15-25-44(53)38-18-6-3-7-19-38)43-31-34-47-48-33-30-39-20-12-13-26-45(39)54(48)56(52(47)37-43,40-21-8-4-9-22-40)41-23-10-5-11-24-41/h3-37H,1-2H3. The lowest BCUT2D eigenvalue weighted by Crippen LogP contribution is -2.29. The smallest absolute Gasteiger partial charge is 0.0720 e. The molecule has 0 aliphatic heterocycles. The van der Waals surface area contributed by atoms with Crippen LogP contribution in [0.2, 0.25) is 0 Å². The number of nitrogens with zero attached hydrogens (tertiary/aromatic N) is 1. The Balaban J connectivity index is 1.23. The molecule has 2 aliphatic rings. The van der Waals surface area contributed by atoms with Crippen LogP contribution in [-0.4, -0.2) is 0 Å². The quantitative estimate of drug-likeness (QED) is 0.165. The summed E-state index contributed by atoms with van der Waals surface area (Å²) in [7, 11) is 0. The summed E-state index contributed by atoms with van der Waals surface area (Å²) in [6.07, 6.45) is 0. The molecule has 0 N–H and O–H groups in total. The normalized spacial score (nSPS) is 14.1. The molecule has 1 heteroatoms. The molecule has 0 amide bonds. The Kier molecular flexibility index (Phi) is 7.50. The average molecular weight is 728 g/mol. The van der Waals surface area contributed by atoms with Crippen molar-refractivity contribution in [3.8, 4) is 33.4 Å². The van der Waals surface area contributed by atoms with Gasteiger partial charge in [0.1, 0.15) is 0 Å². The van der Waals surface area contributed by atoms with Crippen molar-refractivity contribution in [1.29, 1.82) is 0 Å². The summed E-state index contributed by atoms with van der Waals surface area (Å²) in [6, 6.07) is 78.9. The Hall–Kier alpha value is -6.96. The van der Waals surface area contributed by atoms with E-state index in [4.69, 9.17) is 0 Å². The van der Waals surface area contributed by atoms with Crippen LogP contribution in [0.25, 0.3) is 44.2 Å². The Morgan fingerprint density at radius 3 is 1.67 bits per heavy atom. The lowest BCUT2D eigenvalue weighted by atomic mass is 9.66. The largest absolute Gasteiger partial charge is 0.310 e. The fourth-order valence-corrected chi connectivity index (χ4v) is 10.2. The Morgan fingerprint density at radius 1 is 0.368 bits per heavy atom. The maximum absolute atomic E-state index is 2.50. The van der Waals surface area contributed by atoms with Crippen LogP contribution in [0, 0.1) is 0 Å². The van der Waals surface area contributed by atoms with E-state index in [9.17, 15) is 0 Å². The fraction of sp³-hybridized carbons (Fsp3) is 0.0714. The SMILES string of the molecule is CC1(C)c2ccccc2-c2cc(N(c3ccc4c(c3)C(c3ccccc3)(c3ccccc3)c3c-4ccc4ccccc34)c3ccccc3-c3ccccc3)ccc21. The number of anilines is 3. The van der Waals surface area contributed by atoms with Crippen LogP contribution in [-0.2, 0) is 10.8 Å². The van der Waals surface area contributed by atoms with Crippen LogP contribution >= 0.6 is 0 Å². The molecule has 0 unspecified atom stereocenters. The third-order valence-corrected chi connectivity index (χ3v) is 12.7. The van der Waals surface area contributed by atoms with E-state index in [1.54, 1.807) is 0 Å². The molecule has 2 aliphatic carbocycles. The van der Waals surface area contributed by atoms with Crippen molar-refractivity contribution in [3.05, 3.63) is 246 Å². The molecule has 0 spiro atoms. The predicted molar refractivity (Wildman–Crippen MR) is 239 cm³/mol. The maximum atomic E-state index is 2.50. The van der Waals surface area contributed by atoms with Crippen LogP contribution in [0.3, 0.4) is 0 Å². The van der Waals surface area contributed by atoms with Crippen molar-refractivity contribution < 1.29 is 0 Å². The summed E-state index contributed by atoms with van der Waals surface area (Å²) in [5.74, 6) is 0. The van der Waals surface area contributed by atoms with Gasteiger partial charge in [-0.25, -0.2) is 0 Å². The highest BCUT2D eigenvalue weighted by atomic mass is 15.1. The van der Waals surface area contributed by atoms with Crippen molar-refractivity contribution in [3.63, 3.8) is 0 Å². The van der Waals surface area contributed by atoms with E-state index in [0.717, 1.165) is 17.1 Å². The first kappa shape index (κ1) is 33.4. The van der Waals surface area contributed by atoms with Gasteiger partial charge in [0.2, 0.25) is 0 Å². The topological polar surface area (TPSA) is 3.24 Å². The summed E-state index contributed by atoms with van der Waals surface area (Å²) >= 11 is 0. The highest BCUT2D eigenvalue weighted by molar-refractivity contribution is 6.01. The molecule has 0 saturated carbocycles. The van der Waals surface area contributed by atoms with Crippen LogP contribution in [0.1, 0.15) is 47.2 Å². The molecule has 0 atom stereocenters. The third kappa shape index (κ3) is 4.89. The maximum Gasteiger partial charge on any atom is 0.0720 e. The van der Waals surface area contributed by atoms with E-state index < -0.39 is 5.41 Å². The summed E-state index contributed by atoms with van der Waals surface area (Å²) in [5, 5.41) is 2.53. The van der Waals surface area contributed by atoms with Crippen LogP contribution in [0.5, 0.6) is 0 Å². The van der Waals surface area contributed by atoms with Gasteiger partial charge in [0.25, 0.3) is 0 Å². The molecular weight excluding hydrogens is 687 g/mol.